The standard InChI is InChI=1S/C12H13ClN2O/c1-8(16)14-7-6-10-9-4-2-3-5-11(9)15-12(10)13/h2-5,15H,6-7H2,1H3,(H,14,16). The smallest absolute Gasteiger partial charge is 0.216 e. The third kappa shape index (κ3) is 2.19. The average Bonchev–Trinajstić information content (AvgIpc) is 2.55. The lowest BCUT2D eigenvalue weighted by Gasteiger charge is -2.01. The van der Waals surface area contributed by atoms with Crippen molar-refractivity contribution in [2.75, 3.05) is 6.54 Å². The lowest BCUT2D eigenvalue weighted by molar-refractivity contribution is -0.118. The van der Waals surface area contributed by atoms with Crippen LogP contribution in [-0.4, -0.2) is 17.4 Å². The van der Waals surface area contributed by atoms with Gasteiger partial charge in [0.15, 0.2) is 0 Å². The Kier molecular flexibility index (Phi) is 3.15. The van der Waals surface area contributed by atoms with Gasteiger partial charge in [0.25, 0.3) is 0 Å². The van der Waals surface area contributed by atoms with E-state index in [1.807, 2.05) is 24.3 Å². The molecule has 16 heavy (non-hydrogen) atoms. The second kappa shape index (κ2) is 4.58. The molecule has 1 amide bonds. The number of H-pyrrole nitrogens is 1. The van der Waals surface area contributed by atoms with Gasteiger partial charge in [-0.15, -0.1) is 0 Å². The molecule has 0 aliphatic carbocycles. The molecule has 0 unspecified atom stereocenters. The van der Waals surface area contributed by atoms with Crippen molar-refractivity contribution >= 4 is 28.4 Å². The van der Waals surface area contributed by atoms with Gasteiger partial charge in [-0.1, -0.05) is 29.8 Å². The van der Waals surface area contributed by atoms with Crippen molar-refractivity contribution in [3.05, 3.63) is 35.0 Å². The molecule has 2 rings (SSSR count). The number of aromatic nitrogens is 1. The Balaban J connectivity index is 2.22. The first-order valence-electron chi connectivity index (χ1n) is 5.18. The van der Waals surface area contributed by atoms with Gasteiger partial charge in [0, 0.05) is 24.4 Å². The van der Waals surface area contributed by atoms with E-state index in [9.17, 15) is 4.79 Å². The van der Waals surface area contributed by atoms with E-state index >= 15 is 0 Å². The minimum Gasteiger partial charge on any atom is -0.356 e. The number of carbonyl (C=O) groups excluding carboxylic acids is 1. The van der Waals surface area contributed by atoms with Gasteiger partial charge in [0.1, 0.15) is 5.15 Å². The van der Waals surface area contributed by atoms with Crippen LogP contribution in [0.3, 0.4) is 0 Å². The van der Waals surface area contributed by atoms with Crippen LogP contribution in [0, 0.1) is 0 Å². The van der Waals surface area contributed by atoms with Crippen molar-refractivity contribution in [3.8, 4) is 0 Å². The molecule has 1 aromatic heterocycles. The second-order valence-electron chi connectivity index (χ2n) is 3.70. The van der Waals surface area contributed by atoms with Crippen molar-refractivity contribution in [2.45, 2.75) is 13.3 Å². The average molecular weight is 237 g/mol. The van der Waals surface area contributed by atoms with Gasteiger partial charge < -0.3 is 10.3 Å². The Bertz CT molecular complexity index is 519. The Morgan fingerprint density at radius 2 is 2.19 bits per heavy atom. The van der Waals surface area contributed by atoms with Crippen molar-refractivity contribution in [2.24, 2.45) is 0 Å². The van der Waals surface area contributed by atoms with Crippen LogP contribution >= 0.6 is 11.6 Å². The fourth-order valence-corrected chi connectivity index (χ4v) is 2.07. The minimum absolute atomic E-state index is 0.0176. The van der Waals surface area contributed by atoms with Gasteiger partial charge in [0.2, 0.25) is 5.91 Å². The summed E-state index contributed by atoms with van der Waals surface area (Å²) in [4.78, 5) is 13.9. The van der Waals surface area contributed by atoms with E-state index in [-0.39, 0.29) is 5.91 Å². The molecular weight excluding hydrogens is 224 g/mol. The van der Waals surface area contributed by atoms with Crippen LogP contribution in [-0.2, 0) is 11.2 Å². The van der Waals surface area contributed by atoms with Gasteiger partial charge in [-0.3, -0.25) is 4.79 Å². The third-order valence-corrected chi connectivity index (χ3v) is 2.83. The maximum absolute atomic E-state index is 10.8. The first kappa shape index (κ1) is 11.0. The first-order valence-corrected chi connectivity index (χ1v) is 5.56. The Morgan fingerprint density at radius 3 is 2.94 bits per heavy atom. The summed E-state index contributed by atoms with van der Waals surface area (Å²) in [6.45, 7) is 2.12. The number of para-hydroxylation sites is 1. The van der Waals surface area contributed by atoms with Crippen LogP contribution in [0.5, 0.6) is 0 Å². The molecule has 0 spiro atoms. The highest BCUT2D eigenvalue weighted by molar-refractivity contribution is 6.31. The second-order valence-corrected chi connectivity index (χ2v) is 4.07. The van der Waals surface area contributed by atoms with Crippen LogP contribution in [0.2, 0.25) is 5.15 Å². The van der Waals surface area contributed by atoms with Gasteiger partial charge >= 0.3 is 0 Å². The zero-order chi connectivity index (χ0) is 11.5. The highest BCUT2D eigenvalue weighted by Crippen LogP contribution is 2.25. The number of carbonyl (C=O) groups is 1. The number of benzene rings is 1. The molecule has 0 aliphatic rings. The lowest BCUT2D eigenvalue weighted by Crippen LogP contribution is -2.22. The number of nitrogens with one attached hydrogen (secondary N) is 2. The number of hydrogen-bond acceptors (Lipinski definition) is 1. The van der Waals surface area contributed by atoms with E-state index in [1.54, 1.807) is 0 Å². The van der Waals surface area contributed by atoms with Crippen molar-refractivity contribution < 1.29 is 4.79 Å². The number of halogens is 1. The quantitative estimate of drug-likeness (QED) is 0.845. The van der Waals surface area contributed by atoms with Crippen molar-refractivity contribution in [1.82, 2.24) is 10.3 Å². The molecule has 4 heteroatoms. The summed E-state index contributed by atoms with van der Waals surface area (Å²) >= 11 is 6.11. The number of amides is 1. The molecular formula is C12H13ClN2O. The summed E-state index contributed by atoms with van der Waals surface area (Å²) in [6.07, 6.45) is 0.739. The molecule has 0 aliphatic heterocycles. The monoisotopic (exact) mass is 236 g/mol. The van der Waals surface area contributed by atoms with Gasteiger partial charge in [0.05, 0.1) is 0 Å². The zero-order valence-corrected chi connectivity index (χ0v) is 9.77. The van der Waals surface area contributed by atoms with E-state index in [1.165, 1.54) is 6.92 Å². The predicted molar refractivity (Wildman–Crippen MR) is 65.7 cm³/mol. The molecule has 0 bridgehead atoms. The Morgan fingerprint density at radius 1 is 1.44 bits per heavy atom. The molecule has 0 fully saturated rings. The summed E-state index contributed by atoms with van der Waals surface area (Å²) in [7, 11) is 0. The van der Waals surface area contributed by atoms with Crippen molar-refractivity contribution in [1.29, 1.82) is 0 Å². The van der Waals surface area contributed by atoms with Crippen LogP contribution in [0.4, 0.5) is 0 Å². The van der Waals surface area contributed by atoms with Crippen LogP contribution in [0.25, 0.3) is 10.9 Å². The number of hydrogen-bond donors (Lipinski definition) is 2. The number of fused-ring (bicyclic) bond motifs is 1. The van der Waals surface area contributed by atoms with E-state index < -0.39 is 0 Å². The Labute approximate surface area is 98.8 Å². The largest absolute Gasteiger partial charge is 0.356 e. The van der Waals surface area contributed by atoms with E-state index in [2.05, 4.69) is 10.3 Å². The molecule has 0 radical (unpaired) electrons. The van der Waals surface area contributed by atoms with Crippen LogP contribution < -0.4 is 5.32 Å². The highest BCUT2D eigenvalue weighted by Gasteiger charge is 2.08. The summed E-state index contributed by atoms with van der Waals surface area (Å²) in [5.74, 6) is -0.0176. The first-order chi connectivity index (χ1) is 7.68. The molecule has 0 atom stereocenters. The molecule has 2 N–H and O–H groups in total. The number of aromatic amines is 1. The van der Waals surface area contributed by atoms with Crippen molar-refractivity contribution in [3.63, 3.8) is 0 Å². The van der Waals surface area contributed by atoms with Gasteiger partial charge in [-0.05, 0) is 18.1 Å². The molecule has 3 nitrogen and oxygen atoms in total. The third-order valence-electron chi connectivity index (χ3n) is 2.51. The maximum atomic E-state index is 10.8. The molecule has 84 valence electrons. The van der Waals surface area contributed by atoms with E-state index in [4.69, 9.17) is 11.6 Å². The lowest BCUT2D eigenvalue weighted by atomic mass is 10.1. The maximum Gasteiger partial charge on any atom is 0.216 e. The highest BCUT2D eigenvalue weighted by atomic mass is 35.5. The minimum atomic E-state index is -0.0176. The normalized spacial score (nSPS) is 10.6. The fraction of sp³-hybridized carbons (Fsp3) is 0.250. The van der Waals surface area contributed by atoms with Gasteiger partial charge in [-0.2, -0.15) is 0 Å². The summed E-state index contributed by atoms with van der Waals surface area (Å²) < 4.78 is 0. The molecule has 1 heterocycles. The van der Waals surface area contributed by atoms with E-state index in [0.717, 1.165) is 22.9 Å². The molecule has 1 aromatic carbocycles. The van der Waals surface area contributed by atoms with E-state index in [0.29, 0.717) is 11.7 Å². The summed E-state index contributed by atoms with van der Waals surface area (Å²) in [5.41, 5.74) is 2.09. The fourth-order valence-electron chi connectivity index (χ4n) is 1.78. The molecule has 0 saturated carbocycles. The molecule has 0 saturated heterocycles. The van der Waals surface area contributed by atoms with Crippen LogP contribution in [0.15, 0.2) is 24.3 Å². The summed E-state index contributed by atoms with van der Waals surface area (Å²) in [5, 5.41) is 4.55. The topological polar surface area (TPSA) is 44.9 Å². The summed E-state index contributed by atoms with van der Waals surface area (Å²) in [6, 6.07) is 7.96. The number of rotatable bonds is 3. The predicted octanol–water partition coefficient (Wildman–Crippen LogP) is 2.50. The van der Waals surface area contributed by atoms with Crippen LogP contribution in [0.1, 0.15) is 12.5 Å². The molecule has 2 aromatic rings. The Hall–Kier alpha value is -1.48. The SMILES string of the molecule is CC(=O)NCCc1c(Cl)[nH]c2ccccc12. The van der Waals surface area contributed by atoms with Gasteiger partial charge in [-0.25, -0.2) is 0 Å². The zero-order valence-electron chi connectivity index (χ0n) is 9.01.